The molecule has 0 heterocycles. The lowest BCUT2D eigenvalue weighted by atomic mass is 10.1. The number of anilines is 1. The second kappa shape index (κ2) is 4.79. The number of benzene rings is 2. The van der Waals surface area contributed by atoms with Gasteiger partial charge in [0.05, 0.1) is 5.56 Å². The van der Waals surface area contributed by atoms with Crippen molar-refractivity contribution in [3.8, 4) is 11.5 Å². The zero-order valence-electron chi connectivity index (χ0n) is 10.0. The van der Waals surface area contributed by atoms with Crippen molar-refractivity contribution in [1.82, 2.24) is 0 Å². The number of ether oxygens (including phenoxy) is 1. The highest BCUT2D eigenvalue weighted by molar-refractivity contribution is 5.95. The molecule has 0 saturated heterocycles. The summed E-state index contributed by atoms with van der Waals surface area (Å²) in [5, 5.41) is 0. The summed E-state index contributed by atoms with van der Waals surface area (Å²) in [4.78, 5) is 11.3. The lowest BCUT2D eigenvalue weighted by molar-refractivity contribution is 0.0998. The van der Waals surface area contributed by atoms with Crippen LogP contribution >= 0.6 is 0 Å². The van der Waals surface area contributed by atoms with E-state index in [0.29, 0.717) is 22.7 Å². The van der Waals surface area contributed by atoms with E-state index in [0.717, 1.165) is 5.56 Å². The Labute approximate surface area is 105 Å². The van der Waals surface area contributed by atoms with E-state index in [1.807, 2.05) is 13.0 Å². The number of aryl methyl sites for hydroxylation is 1. The summed E-state index contributed by atoms with van der Waals surface area (Å²) in [5.41, 5.74) is 12.9. The van der Waals surface area contributed by atoms with Gasteiger partial charge in [0, 0.05) is 5.69 Å². The fourth-order valence-corrected chi connectivity index (χ4v) is 1.58. The molecule has 0 radical (unpaired) electrons. The van der Waals surface area contributed by atoms with Gasteiger partial charge >= 0.3 is 0 Å². The number of nitrogens with two attached hydrogens (primary N) is 2. The second-order valence-electron chi connectivity index (χ2n) is 4.03. The summed E-state index contributed by atoms with van der Waals surface area (Å²) in [6.45, 7) is 1.92. The van der Waals surface area contributed by atoms with Crippen molar-refractivity contribution in [3.63, 3.8) is 0 Å². The number of hydrogen-bond donors (Lipinski definition) is 2. The normalized spacial score (nSPS) is 10.1. The average Bonchev–Trinajstić information content (AvgIpc) is 2.32. The Kier molecular flexibility index (Phi) is 3.19. The highest BCUT2D eigenvalue weighted by atomic mass is 16.5. The predicted octanol–water partition coefficient (Wildman–Crippen LogP) is 2.47. The Morgan fingerprint density at radius 2 is 1.78 bits per heavy atom. The van der Waals surface area contributed by atoms with Crippen LogP contribution in [0.25, 0.3) is 0 Å². The van der Waals surface area contributed by atoms with E-state index >= 15 is 0 Å². The molecule has 0 aliphatic carbocycles. The average molecular weight is 242 g/mol. The number of amides is 1. The molecular weight excluding hydrogens is 228 g/mol. The van der Waals surface area contributed by atoms with Gasteiger partial charge in [-0.2, -0.15) is 0 Å². The monoisotopic (exact) mass is 242 g/mol. The van der Waals surface area contributed by atoms with Crippen LogP contribution in [0, 0.1) is 6.92 Å². The minimum Gasteiger partial charge on any atom is -0.457 e. The van der Waals surface area contributed by atoms with Gasteiger partial charge in [-0.15, -0.1) is 0 Å². The van der Waals surface area contributed by atoms with Crippen LogP contribution in [-0.4, -0.2) is 5.91 Å². The first kappa shape index (κ1) is 12.0. The molecule has 2 rings (SSSR count). The minimum absolute atomic E-state index is 0.359. The molecule has 4 N–H and O–H groups in total. The fraction of sp³-hybridized carbons (Fsp3) is 0.0714. The Morgan fingerprint density at radius 3 is 2.39 bits per heavy atom. The van der Waals surface area contributed by atoms with E-state index in [-0.39, 0.29) is 0 Å². The summed E-state index contributed by atoms with van der Waals surface area (Å²) in [6, 6.07) is 12.2. The van der Waals surface area contributed by atoms with Crippen LogP contribution in [0.5, 0.6) is 11.5 Å². The minimum atomic E-state index is -0.513. The Balaban J connectivity index is 2.35. The van der Waals surface area contributed by atoms with Crippen molar-refractivity contribution in [1.29, 1.82) is 0 Å². The third-order valence-corrected chi connectivity index (χ3v) is 2.51. The van der Waals surface area contributed by atoms with Gasteiger partial charge in [0.25, 0.3) is 5.91 Å². The van der Waals surface area contributed by atoms with Crippen molar-refractivity contribution in [2.45, 2.75) is 6.92 Å². The zero-order chi connectivity index (χ0) is 13.1. The molecule has 18 heavy (non-hydrogen) atoms. The molecule has 0 saturated carbocycles. The fourth-order valence-electron chi connectivity index (χ4n) is 1.58. The molecule has 0 aliphatic heterocycles. The van der Waals surface area contributed by atoms with Crippen LogP contribution in [-0.2, 0) is 0 Å². The maximum Gasteiger partial charge on any atom is 0.252 e. The summed E-state index contributed by atoms with van der Waals surface area (Å²) < 4.78 is 5.65. The molecule has 4 nitrogen and oxygen atoms in total. The van der Waals surface area contributed by atoms with Gasteiger partial charge in [-0.3, -0.25) is 4.79 Å². The molecule has 4 heteroatoms. The predicted molar refractivity (Wildman–Crippen MR) is 70.6 cm³/mol. The summed E-state index contributed by atoms with van der Waals surface area (Å²) in [7, 11) is 0. The number of carbonyl (C=O) groups excluding carboxylic acids is 1. The molecule has 0 unspecified atom stereocenters. The first-order valence-corrected chi connectivity index (χ1v) is 5.50. The molecule has 0 aromatic heterocycles. The van der Waals surface area contributed by atoms with Crippen LogP contribution in [0.2, 0.25) is 0 Å². The molecule has 92 valence electrons. The SMILES string of the molecule is Cc1ccc(C(N)=O)c(Oc2ccc(N)cc2)c1. The standard InChI is InChI=1S/C14H14N2O2/c1-9-2-7-12(14(16)17)13(8-9)18-11-5-3-10(15)4-6-11/h2-8H,15H2,1H3,(H2,16,17). The van der Waals surface area contributed by atoms with E-state index in [1.54, 1.807) is 36.4 Å². The van der Waals surface area contributed by atoms with Crippen molar-refractivity contribution >= 4 is 11.6 Å². The Hall–Kier alpha value is -2.49. The van der Waals surface area contributed by atoms with Crippen LogP contribution < -0.4 is 16.2 Å². The number of nitrogen functional groups attached to an aromatic ring is 1. The van der Waals surface area contributed by atoms with Crippen LogP contribution in [0.1, 0.15) is 15.9 Å². The lowest BCUT2D eigenvalue weighted by Gasteiger charge is -2.10. The van der Waals surface area contributed by atoms with Gasteiger partial charge in [0.2, 0.25) is 0 Å². The molecule has 2 aromatic rings. The summed E-state index contributed by atoms with van der Waals surface area (Å²) >= 11 is 0. The molecule has 0 spiro atoms. The number of primary amides is 1. The molecule has 0 bridgehead atoms. The van der Waals surface area contributed by atoms with Crippen LogP contribution in [0.15, 0.2) is 42.5 Å². The maximum absolute atomic E-state index is 11.3. The highest BCUT2D eigenvalue weighted by Crippen LogP contribution is 2.26. The quantitative estimate of drug-likeness (QED) is 0.811. The number of rotatable bonds is 3. The van der Waals surface area contributed by atoms with E-state index in [9.17, 15) is 4.79 Å². The third kappa shape index (κ3) is 2.60. The van der Waals surface area contributed by atoms with Gasteiger partial charge in [-0.25, -0.2) is 0 Å². The van der Waals surface area contributed by atoms with Gasteiger partial charge < -0.3 is 16.2 Å². The van der Waals surface area contributed by atoms with Gasteiger partial charge in [-0.05, 0) is 48.9 Å². The Bertz CT molecular complexity index is 577. The van der Waals surface area contributed by atoms with E-state index in [4.69, 9.17) is 16.2 Å². The largest absolute Gasteiger partial charge is 0.457 e. The van der Waals surface area contributed by atoms with Crippen LogP contribution in [0.4, 0.5) is 5.69 Å². The van der Waals surface area contributed by atoms with Gasteiger partial charge in [-0.1, -0.05) is 6.07 Å². The van der Waals surface area contributed by atoms with Gasteiger partial charge in [0.15, 0.2) is 0 Å². The summed E-state index contributed by atoms with van der Waals surface area (Å²) in [5.74, 6) is 0.546. The second-order valence-corrected chi connectivity index (χ2v) is 4.03. The molecular formula is C14H14N2O2. The molecule has 1 amide bonds. The molecule has 0 aliphatic rings. The lowest BCUT2D eigenvalue weighted by Crippen LogP contribution is -2.12. The van der Waals surface area contributed by atoms with Crippen LogP contribution in [0.3, 0.4) is 0 Å². The van der Waals surface area contributed by atoms with Crippen molar-refractivity contribution < 1.29 is 9.53 Å². The van der Waals surface area contributed by atoms with Crippen molar-refractivity contribution in [3.05, 3.63) is 53.6 Å². The topological polar surface area (TPSA) is 78.3 Å². The van der Waals surface area contributed by atoms with Crippen molar-refractivity contribution in [2.24, 2.45) is 5.73 Å². The van der Waals surface area contributed by atoms with E-state index in [1.165, 1.54) is 0 Å². The number of carbonyl (C=O) groups is 1. The molecule has 0 fully saturated rings. The maximum atomic E-state index is 11.3. The third-order valence-electron chi connectivity index (χ3n) is 2.51. The first-order chi connectivity index (χ1) is 8.56. The van der Waals surface area contributed by atoms with Gasteiger partial charge in [0.1, 0.15) is 11.5 Å². The number of hydrogen-bond acceptors (Lipinski definition) is 3. The highest BCUT2D eigenvalue weighted by Gasteiger charge is 2.10. The zero-order valence-corrected chi connectivity index (χ0v) is 10.0. The Morgan fingerprint density at radius 1 is 1.11 bits per heavy atom. The van der Waals surface area contributed by atoms with E-state index in [2.05, 4.69) is 0 Å². The molecule has 0 atom stereocenters. The first-order valence-electron chi connectivity index (χ1n) is 5.50. The summed E-state index contributed by atoms with van der Waals surface area (Å²) in [6.07, 6.45) is 0. The molecule has 2 aromatic carbocycles. The van der Waals surface area contributed by atoms with E-state index < -0.39 is 5.91 Å². The smallest absolute Gasteiger partial charge is 0.252 e. The van der Waals surface area contributed by atoms with Crippen molar-refractivity contribution in [2.75, 3.05) is 5.73 Å².